The third-order valence-corrected chi connectivity index (χ3v) is 3.98. The average molecular weight is 360 g/mol. The van der Waals surface area contributed by atoms with Crippen molar-refractivity contribution in [3.8, 4) is 0 Å². The van der Waals surface area contributed by atoms with Gasteiger partial charge in [0.05, 0.1) is 11.1 Å². The van der Waals surface area contributed by atoms with Crippen LogP contribution in [0.2, 0.25) is 10.0 Å². The number of hydrogen-bond acceptors (Lipinski definition) is 2. The Hall–Kier alpha value is -0.770. The second-order valence-corrected chi connectivity index (χ2v) is 6.06. The quantitative estimate of drug-likeness (QED) is 0.734. The fourth-order valence-electron chi connectivity index (χ4n) is 1.84. The second kappa shape index (κ2) is 6.12. The largest absolute Gasteiger partial charge is 0.352 e. The molecule has 0 aliphatic rings. The Labute approximate surface area is 131 Å². The van der Waals surface area contributed by atoms with Gasteiger partial charge < -0.3 is 4.90 Å². The van der Waals surface area contributed by atoms with Crippen LogP contribution in [0, 0.1) is 0 Å². The lowest BCUT2D eigenvalue weighted by atomic mass is 10.1. The van der Waals surface area contributed by atoms with Crippen LogP contribution in [0.15, 0.2) is 41.0 Å². The van der Waals surface area contributed by atoms with Crippen LogP contribution in [0.4, 0.5) is 5.82 Å². The molecule has 0 saturated heterocycles. The van der Waals surface area contributed by atoms with Gasteiger partial charge in [0.15, 0.2) is 0 Å². The Kier molecular flexibility index (Phi) is 4.71. The van der Waals surface area contributed by atoms with Gasteiger partial charge in [-0.15, -0.1) is 0 Å². The summed E-state index contributed by atoms with van der Waals surface area (Å²) in [5.74, 6) is 0.748. The standard InChI is InChI=1S/C14H13BrCl2N2/c1-9(10-4-3-5-12(16)6-10)19(2)14-13(17)7-11(15)8-18-14/h3-9H,1-2H3. The van der Waals surface area contributed by atoms with Crippen LogP contribution in [-0.2, 0) is 0 Å². The van der Waals surface area contributed by atoms with E-state index in [0.29, 0.717) is 5.02 Å². The molecule has 19 heavy (non-hydrogen) atoms. The van der Waals surface area contributed by atoms with E-state index in [4.69, 9.17) is 23.2 Å². The normalized spacial score (nSPS) is 12.3. The molecule has 0 saturated carbocycles. The summed E-state index contributed by atoms with van der Waals surface area (Å²) in [5.41, 5.74) is 1.12. The molecule has 5 heteroatoms. The predicted molar refractivity (Wildman–Crippen MR) is 85.2 cm³/mol. The highest BCUT2D eigenvalue weighted by Crippen LogP contribution is 2.31. The third kappa shape index (κ3) is 3.41. The molecule has 0 bridgehead atoms. The summed E-state index contributed by atoms with van der Waals surface area (Å²) in [7, 11) is 1.97. The van der Waals surface area contributed by atoms with Crippen molar-refractivity contribution < 1.29 is 0 Å². The van der Waals surface area contributed by atoms with E-state index in [1.165, 1.54) is 0 Å². The van der Waals surface area contributed by atoms with Crippen molar-refractivity contribution in [1.29, 1.82) is 0 Å². The molecular weight excluding hydrogens is 347 g/mol. The first-order valence-corrected chi connectivity index (χ1v) is 7.33. The molecular formula is C14H13BrCl2N2. The highest BCUT2D eigenvalue weighted by Gasteiger charge is 2.16. The van der Waals surface area contributed by atoms with E-state index in [9.17, 15) is 0 Å². The van der Waals surface area contributed by atoms with Gasteiger partial charge >= 0.3 is 0 Å². The number of pyridine rings is 1. The van der Waals surface area contributed by atoms with E-state index in [1.54, 1.807) is 6.20 Å². The lowest BCUT2D eigenvalue weighted by Gasteiger charge is -2.27. The fraction of sp³-hybridized carbons (Fsp3) is 0.214. The van der Waals surface area contributed by atoms with Crippen LogP contribution in [0.3, 0.4) is 0 Å². The molecule has 1 aromatic heterocycles. The zero-order valence-corrected chi connectivity index (χ0v) is 13.7. The first-order chi connectivity index (χ1) is 8.99. The van der Waals surface area contributed by atoms with Gasteiger partial charge in [-0.3, -0.25) is 0 Å². The van der Waals surface area contributed by atoms with Crippen LogP contribution in [0.5, 0.6) is 0 Å². The molecule has 1 aromatic carbocycles. The van der Waals surface area contributed by atoms with Gasteiger partial charge in [-0.1, -0.05) is 35.3 Å². The Balaban J connectivity index is 2.30. The lowest BCUT2D eigenvalue weighted by molar-refractivity contribution is 0.729. The molecule has 0 aliphatic heterocycles. The summed E-state index contributed by atoms with van der Waals surface area (Å²) < 4.78 is 0.866. The first kappa shape index (κ1) is 14.6. The number of aromatic nitrogens is 1. The highest BCUT2D eigenvalue weighted by molar-refractivity contribution is 9.10. The van der Waals surface area contributed by atoms with Gasteiger partial charge in [-0.2, -0.15) is 0 Å². The summed E-state index contributed by atoms with van der Waals surface area (Å²) in [6.07, 6.45) is 1.74. The Bertz CT molecular complexity index is 589. The molecule has 0 radical (unpaired) electrons. The smallest absolute Gasteiger partial charge is 0.147 e. The lowest BCUT2D eigenvalue weighted by Crippen LogP contribution is -2.22. The van der Waals surface area contributed by atoms with E-state index in [-0.39, 0.29) is 6.04 Å². The van der Waals surface area contributed by atoms with E-state index < -0.39 is 0 Å². The number of nitrogens with zero attached hydrogens (tertiary/aromatic N) is 2. The summed E-state index contributed by atoms with van der Waals surface area (Å²) in [6.45, 7) is 2.09. The minimum atomic E-state index is 0.130. The molecule has 0 N–H and O–H groups in total. The van der Waals surface area contributed by atoms with Crippen molar-refractivity contribution in [3.05, 3.63) is 56.6 Å². The predicted octanol–water partition coefficient (Wildman–Crippen LogP) is 5.35. The number of halogens is 3. The zero-order chi connectivity index (χ0) is 14.0. The Morgan fingerprint density at radius 3 is 2.63 bits per heavy atom. The van der Waals surface area contributed by atoms with E-state index in [1.807, 2.05) is 42.3 Å². The number of benzene rings is 1. The Morgan fingerprint density at radius 2 is 2.00 bits per heavy atom. The van der Waals surface area contributed by atoms with Crippen molar-refractivity contribution in [2.24, 2.45) is 0 Å². The maximum absolute atomic E-state index is 6.23. The molecule has 2 rings (SSSR count). The van der Waals surface area contributed by atoms with Crippen LogP contribution >= 0.6 is 39.1 Å². The summed E-state index contributed by atoms with van der Waals surface area (Å²) in [6, 6.07) is 9.77. The number of rotatable bonds is 3. The summed E-state index contributed by atoms with van der Waals surface area (Å²) in [4.78, 5) is 6.39. The fourth-order valence-corrected chi connectivity index (χ4v) is 2.80. The van der Waals surface area contributed by atoms with Crippen molar-refractivity contribution in [3.63, 3.8) is 0 Å². The van der Waals surface area contributed by atoms with Crippen LogP contribution in [0.1, 0.15) is 18.5 Å². The van der Waals surface area contributed by atoms with E-state index in [0.717, 1.165) is 20.9 Å². The van der Waals surface area contributed by atoms with Gasteiger partial charge in [0.2, 0.25) is 0 Å². The maximum atomic E-state index is 6.23. The highest BCUT2D eigenvalue weighted by atomic mass is 79.9. The monoisotopic (exact) mass is 358 g/mol. The molecule has 2 aromatic rings. The first-order valence-electron chi connectivity index (χ1n) is 5.78. The molecule has 0 amide bonds. The Morgan fingerprint density at radius 1 is 1.26 bits per heavy atom. The summed E-state index contributed by atoms with van der Waals surface area (Å²) >= 11 is 15.6. The molecule has 100 valence electrons. The minimum absolute atomic E-state index is 0.130. The van der Waals surface area contributed by atoms with Crippen molar-refractivity contribution in [2.75, 3.05) is 11.9 Å². The average Bonchev–Trinajstić information content (AvgIpc) is 2.37. The third-order valence-electron chi connectivity index (χ3n) is 3.03. The SMILES string of the molecule is CC(c1cccc(Cl)c1)N(C)c1ncc(Br)cc1Cl. The van der Waals surface area contributed by atoms with Gasteiger partial charge in [0.1, 0.15) is 5.82 Å². The van der Waals surface area contributed by atoms with Gasteiger partial charge in [0.25, 0.3) is 0 Å². The van der Waals surface area contributed by atoms with Crippen LogP contribution in [0.25, 0.3) is 0 Å². The molecule has 1 unspecified atom stereocenters. The molecule has 2 nitrogen and oxygen atoms in total. The maximum Gasteiger partial charge on any atom is 0.147 e. The molecule has 0 aliphatic carbocycles. The van der Waals surface area contributed by atoms with Crippen LogP contribution in [-0.4, -0.2) is 12.0 Å². The van der Waals surface area contributed by atoms with E-state index in [2.05, 4.69) is 27.8 Å². The van der Waals surface area contributed by atoms with Gasteiger partial charge in [-0.25, -0.2) is 4.98 Å². The van der Waals surface area contributed by atoms with Crippen molar-refractivity contribution >= 4 is 44.9 Å². The molecule has 1 atom stereocenters. The van der Waals surface area contributed by atoms with Crippen molar-refractivity contribution in [1.82, 2.24) is 4.98 Å². The minimum Gasteiger partial charge on any atom is -0.352 e. The number of hydrogen-bond donors (Lipinski definition) is 0. The topological polar surface area (TPSA) is 16.1 Å². The number of anilines is 1. The van der Waals surface area contributed by atoms with Gasteiger partial charge in [0, 0.05) is 22.7 Å². The van der Waals surface area contributed by atoms with Crippen LogP contribution < -0.4 is 4.90 Å². The molecule has 0 fully saturated rings. The van der Waals surface area contributed by atoms with Gasteiger partial charge in [-0.05, 0) is 46.6 Å². The second-order valence-electron chi connectivity index (χ2n) is 4.30. The van der Waals surface area contributed by atoms with Crippen molar-refractivity contribution in [2.45, 2.75) is 13.0 Å². The molecule has 0 spiro atoms. The van der Waals surface area contributed by atoms with E-state index >= 15 is 0 Å². The zero-order valence-electron chi connectivity index (χ0n) is 10.6. The molecule has 1 heterocycles. The summed E-state index contributed by atoms with van der Waals surface area (Å²) in [5, 5.41) is 1.35.